The van der Waals surface area contributed by atoms with Gasteiger partial charge < -0.3 is 11.5 Å². The molecule has 0 aliphatic rings. The predicted molar refractivity (Wildman–Crippen MR) is 60.2 cm³/mol. The van der Waals surface area contributed by atoms with E-state index in [0.717, 1.165) is 15.8 Å². The summed E-state index contributed by atoms with van der Waals surface area (Å²) in [6.45, 7) is 0. The topological polar surface area (TPSA) is 52.0 Å². The number of thioether (sulfide) groups is 1. The van der Waals surface area contributed by atoms with Crippen molar-refractivity contribution in [3.8, 4) is 0 Å². The van der Waals surface area contributed by atoms with E-state index < -0.39 is 0 Å². The molecule has 0 atom stereocenters. The average molecular weight is 247 g/mol. The highest BCUT2D eigenvalue weighted by Crippen LogP contribution is 2.27. The lowest BCUT2D eigenvalue weighted by Gasteiger charge is -2.07. The summed E-state index contributed by atoms with van der Waals surface area (Å²) in [5.41, 5.74) is 13.9. The van der Waals surface area contributed by atoms with Crippen LogP contribution in [0.4, 0.5) is 11.4 Å². The molecule has 4 N–H and O–H groups in total. The van der Waals surface area contributed by atoms with Crippen LogP contribution in [-0.4, -0.2) is 6.26 Å². The number of hydrogen-bond acceptors (Lipinski definition) is 3. The third-order valence-corrected chi connectivity index (χ3v) is 2.62. The Balaban J connectivity index is 3.09. The molecule has 66 valence electrons. The molecule has 1 rings (SSSR count). The summed E-state index contributed by atoms with van der Waals surface area (Å²) < 4.78 is 0.984. The fourth-order valence-electron chi connectivity index (χ4n) is 0.972. The summed E-state index contributed by atoms with van der Waals surface area (Å²) in [4.78, 5) is 0. The molecule has 0 radical (unpaired) electrons. The second kappa shape index (κ2) is 4.05. The number of nitrogens with two attached hydrogens (primary N) is 2. The first-order valence-corrected chi connectivity index (χ1v) is 5.66. The van der Waals surface area contributed by atoms with Crippen LogP contribution < -0.4 is 11.5 Å². The van der Waals surface area contributed by atoms with Crippen molar-refractivity contribution in [2.24, 2.45) is 0 Å². The van der Waals surface area contributed by atoms with Gasteiger partial charge in [-0.1, -0.05) is 15.9 Å². The Morgan fingerprint density at radius 2 is 2.08 bits per heavy atom. The third-order valence-electron chi connectivity index (χ3n) is 1.56. The number of nitrogen functional groups attached to an aromatic ring is 2. The molecule has 1 aromatic rings. The van der Waals surface area contributed by atoms with Gasteiger partial charge in [-0.25, -0.2) is 0 Å². The first-order chi connectivity index (χ1) is 5.65. The molecule has 2 nitrogen and oxygen atoms in total. The van der Waals surface area contributed by atoms with Crippen molar-refractivity contribution in [1.29, 1.82) is 0 Å². The highest BCUT2D eigenvalue weighted by Gasteiger charge is 2.03. The summed E-state index contributed by atoms with van der Waals surface area (Å²) >= 11 is 5.10. The second-order valence-corrected chi connectivity index (χ2v) is 4.28. The number of hydrogen-bond donors (Lipinski definition) is 2. The Kier molecular flexibility index (Phi) is 3.29. The van der Waals surface area contributed by atoms with Gasteiger partial charge in [0, 0.05) is 10.2 Å². The molecule has 1 aromatic carbocycles. The van der Waals surface area contributed by atoms with E-state index in [-0.39, 0.29) is 0 Å². The zero-order valence-electron chi connectivity index (χ0n) is 6.80. The lowest BCUT2D eigenvalue weighted by atomic mass is 10.2. The van der Waals surface area contributed by atoms with Gasteiger partial charge in [0.05, 0.1) is 11.4 Å². The van der Waals surface area contributed by atoms with E-state index in [1.165, 1.54) is 0 Å². The minimum atomic E-state index is 0.647. The summed E-state index contributed by atoms with van der Waals surface area (Å²) in [6, 6.07) is 3.82. The minimum absolute atomic E-state index is 0.647. The average Bonchev–Trinajstić information content (AvgIpc) is 2.00. The van der Waals surface area contributed by atoms with Crippen molar-refractivity contribution in [3.63, 3.8) is 0 Å². The van der Waals surface area contributed by atoms with Crippen LogP contribution in [0, 0.1) is 0 Å². The Labute approximate surface area is 84.8 Å². The Morgan fingerprint density at radius 3 is 2.67 bits per heavy atom. The molecule has 0 amide bonds. The highest BCUT2D eigenvalue weighted by molar-refractivity contribution is 9.10. The maximum absolute atomic E-state index is 5.78. The third kappa shape index (κ3) is 2.08. The molecule has 0 aromatic heterocycles. The second-order valence-electron chi connectivity index (χ2n) is 2.50. The van der Waals surface area contributed by atoms with E-state index in [9.17, 15) is 0 Å². The lowest BCUT2D eigenvalue weighted by molar-refractivity contribution is 1.41. The standard InChI is InChI=1S/C8H11BrN2S/c1-12-4-5-2-6(9)3-7(10)8(5)11/h2-3H,4,10-11H2,1H3. The first kappa shape index (κ1) is 9.74. The molecule has 0 bridgehead atoms. The zero-order chi connectivity index (χ0) is 9.14. The molecule has 0 heterocycles. The van der Waals surface area contributed by atoms with E-state index in [4.69, 9.17) is 11.5 Å². The van der Waals surface area contributed by atoms with E-state index >= 15 is 0 Å². The first-order valence-electron chi connectivity index (χ1n) is 3.47. The Morgan fingerprint density at radius 1 is 1.42 bits per heavy atom. The van der Waals surface area contributed by atoms with Crippen LogP contribution in [0.15, 0.2) is 16.6 Å². The number of halogens is 1. The Bertz CT molecular complexity index is 289. The molecule has 12 heavy (non-hydrogen) atoms. The molecule has 0 spiro atoms. The van der Waals surface area contributed by atoms with Crippen molar-refractivity contribution in [3.05, 3.63) is 22.2 Å². The van der Waals surface area contributed by atoms with Crippen molar-refractivity contribution in [1.82, 2.24) is 0 Å². The van der Waals surface area contributed by atoms with Gasteiger partial charge in [0.1, 0.15) is 0 Å². The number of anilines is 2. The molecule has 0 saturated carbocycles. The summed E-state index contributed by atoms with van der Waals surface area (Å²) in [7, 11) is 0. The molecule has 4 heteroatoms. The quantitative estimate of drug-likeness (QED) is 0.789. The smallest absolute Gasteiger partial charge is 0.0589 e. The van der Waals surface area contributed by atoms with E-state index in [1.54, 1.807) is 11.8 Å². The maximum Gasteiger partial charge on any atom is 0.0589 e. The molecule has 0 saturated heterocycles. The van der Waals surface area contributed by atoms with Gasteiger partial charge in [-0.2, -0.15) is 11.8 Å². The van der Waals surface area contributed by atoms with Crippen LogP contribution in [0.5, 0.6) is 0 Å². The van der Waals surface area contributed by atoms with Crippen molar-refractivity contribution < 1.29 is 0 Å². The maximum atomic E-state index is 5.78. The molecular formula is C8H11BrN2S. The minimum Gasteiger partial charge on any atom is -0.397 e. The highest BCUT2D eigenvalue weighted by atomic mass is 79.9. The van der Waals surface area contributed by atoms with Crippen LogP contribution in [0.2, 0.25) is 0 Å². The Hall–Kier alpha value is -0.350. The van der Waals surface area contributed by atoms with Crippen LogP contribution in [0.25, 0.3) is 0 Å². The number of rotatable bonds is 2. The molecule has 0 unspecified atom stereocenters. The van der Waals surface area contributed by atoms with E-state index in [1.807, 2.05) is 18.4 Å². The summed E-state index contributed by atoms with van der Waals surface area (Å²) in [6.07, 6.45) is 2.04. The zero-order valence-corrected chi connectivity index (χ0v) is 9.21. The summed E-state index contributed by atoms with van der Waals surface area (Å²) in [5, 5.41) is 0. The van der Waals surface area contributed by atoms with Crippen LogP contribution in [-0.2, 0) is 5.75 Å². The summed E-state index contributed by atoms with van der Waals surface area (Å²) in [5.74, 6) is 0.898. The lowest BCUT2D eigenvalue weighted by Crippen LogP contribution is -1.99. The normalized spacial score (nSPS) is 10.2. The molecular weight excluding hydrogens is 236 g/mol. The van der Waals surface area contributed by atoms with Crippen LogP contribution in [0.3, 0.4) is 0 Å². The largest absolute Gasteiger partial charge is 0.397 e. The van der Waals surface area contributed by atoms with E-state index in [2.05, 4.69) is 15.9 Å². The SMILES string of the molecule is CSCc1cc(Br)cc(N)c1N. The van der Waals surface area contributed by atoms with Crippen molar-refractivity contribution in [2.75, 3.05) is 17.7 Å². The van der Waals surface area contributed by atoms with Gasteiger partial charge in [-0.15, -0.1) is 0 Å². The van der Waals surface area contributed by atoms with Crippen molar-refractivity contribution in [2.45, 2.75) is 5.75 Å². The molecule has 0 aliphatic carbocycles. The van der Waals surface area contributed by atoms with Gasteiger partial charge in [0.25, 0.3) is 0 Å². The predicted octanol–water partition coefficient (Wildman–Crippen LogP) is 2.48. The fourth-order valence-corrected chi connectivity index (χ4v) is 2.05. The van der Waals surface area contributed by atoms with Crippen molar-refractivity contribution >= 4 is 39.1 Å². The fraction of sp³-hybridized carbons (Fsp3) is 0.250. The van der Waals surface area contributed by atoms with E-state index in [0.29, 0.717) is 11.4 Å². The number of benzene rings is 1. The van der Waals surface area contributed by atoms with Crippen LogP contribution in [0.1, 0.15) is 5.56 Å². The molecule has 0 aliphatic heterocycles. The molecule has 0 fully saturated rings. The van der Waals surface area contributed by atoms with Gasteiger partial charge in [-0.3, -0.25) is 0 Å². The van der Waals surface area contributed by atoms with Gasteiger partial charge in [0.15, 0.2) is 0 Å². The monoisotopic (exact) mass is 246 g/mol. The van der Waals surface area contributed by atoms with Gasteiger partial charge >= 0.3 is 0 Å². The van der Waals surface area contributed by atoms with Gasteiger partial charge in [-0.05, 0) is 24.0 Å². The van der Waals surface area contributed by atoms with Gasteiger partial charge in [0.2, 0.25) is 0 Å². The van der Waals surface area contributed by atoms with Crippen LogP contribution >= 0.6 is 27.7 Å².